The lowest BCUT2D eigenvalue weighted by Gasteiger charge is -2.28. The van der Waals surface area contributed by atoms with E-state index in [9.17, 15) is 44.6 Å². The van der Waals surface area contributed by atoms with Gasteiger partial charge in [0.1, 0.15) is 0 Å². The molecule has 0 spiro atoms. The molecule has 47 heavy (non-hydrogen) atoms. The number of non-ortho nitro benzene ring substituents is 1. The number of amides is 3. The van der Waals surface area contributed by atoms with Gasteiger partial charge < -0.3 is 35.6 Å². The molecule has 5 rings (SSSR count). The Bertz CT molecular complexity index is 1850. The molecule has 240 valence electrons. The van der Waals surface area contributed by atoms with Crippen LogP contribution in [0.2, 0.25) is 0 Å². The summed E-state index contributed by atoms with van der Waals surface area (Å²) in [6.07, 6.45) is 0. The smallest absolute Gasteiger partial charge is 0.423 e. The monoisotopic (exact) mass is 639 g/mol. The highest BCUT2D eigenvalue weighted by atomic mass is 16.6. The van der Waals surface area contributed by atoms with Gasteiger partial charge in [-0.25, -0.2) is 0 Å². The van der Waals surface area contributed by atoms with Crippen LogP contribution in [0, 0.1) is 10.1 Å². The summed E-state index contributed by atoms with van der Waals surface area (Å²) in [6, 6.07) is 18.7. The van der Waals surface area contributed by atoms with E-state index < -0.39 is 42.6 Å². The van der Waals surface area contributed by atoms with Crippen molar-refractivity contribution in [1.82, 2.24) is 15.1 Å². The molecule has 0 fully saturated rings. The lowest BCUT2D eigenvalue weighted by Crippen LogP contribution is -2.44. The summed E-state index contributed by atoms with van der Waals surface area (Å²) in [5, 5.41) is 56.5. The summed E-state index contributed by atoms with van der Waals surface area (Å²) >= 11 is 0. The van der Waals surface area contributed by atoms with E-state index in [1.165, 1.54) is 0 Å². The molecule has 1 aliphatic heterocycles. The summed E-state index contributed by atoms with van der Waals surface area (Å²) in [6.45, 7) is 1.30. The highest BCUT2D eigenvalue weighted by Gasteiger charge is 2.33. The van der Waals surface area contributed by atoms with Crippen molar-refractivity contribution in [2.75, 3.05) is 38.5 Å². The number of rotatable bonds is 13. The highest BCUT2D eigenvalue weighted by molar-refractivity contribution is 6.59. The fraction of sp³-hybridized carbons (Fsp3) is 0.194. The third-order valence-corrected chi connectivity index (χ3v) is 7.91. The highest BCUT2D eigenvalue weighted by Crippen LogP contribution is 2.34. The first-order valence-electron chi connectivity index (χ1n) is 14.7. The number of nitro benzene ring substituents is 1. The third-order valence-electron chi connectivity index (χ3n) is 7.91. The second-order valence-electron chi connectivity index (χ2n) is 11.1. The lowest BCUT2D eigenvalue weighted by molar-refractivity contribution is -0.384. The molecule has 4 aromatic carbocycles. The first-order valence-corrected chi connectivity index (χ1v) is 14.7. The number of nitro groups is 1. The van der Waals surface area contributed by atoms with Gasteiger partial charge in [0.2, 0.25) is 0 Å². The Labute approximate surface area is 269 Å². The van der Waals surface area contributed by atoms with Crippen molar-refractivity contribution in [3.63, 3.8) is 0 Å². The molecule has 6 N–H and O–H groups in total. The molecule has 0 radical (unpaired) electrons. The van der Waals surface area contributed by atoms with Gasteiger partial charge in [-0.2, -0.15) is 0 Å². The van der Waals surface area contributed by atoms with Gasteiger partial charge in [-0.15, -0.1) is 0 Å². The molecule has 4 aromatic rings. The van der Waals surface area contributed by atoms with E-state index in [0.29, 0.717) is 47.0 Å². The van der Waals surface area contributed by atoms with Crippen molar-refractivity contribution in [2.24, 2.45) is 0 Å². The van der Waals surface area contributed by atoms with Crippen LogP contribution in [0.25, 0.3) is 10.8 Å². The van der Waals surface area contributed by atoms with Gasteiger partial charge >= 0.3 is 14.2 Å². The number of benzene rings is 4. The number of nitrogens with zero attached hydrogens (tertiary/aromatic N) is 3. The van der Waals surface area contributed by atoms with E-state index in [4.69, 9.17) is 0 Å². The zero-order valence-corrected chi connectivity index (χ0v) is 25.3. The molecule has 1 aliphatic rings. The molecule has 0 atom stereocenters. The Morgan fingerprint density at radius 2 is 1.64 bits per heavy atom. The van der Waals surface area contributed by atoms with Crippen LogP contribution in [0.1, 0.15) is 36.6 Å². The van der Waals surface area contributed by atoms with Crippen LogP contribution in [-0.4, -0.2) is 100 Å². The minimum atomic E-state index is -2.03. The van der Waals surface area contributed by atoms with E-state index in [2.05, 4.69) is 10.6 Å². The first-order chi connectivity index (χ1) is 22.5. The van der Waals surface area contributed by atoms with Crippen molar-refractivity contribution in [3.05, 3.63) is 105 Å². The maximum Gasteiger partial charge on any atom is 0.488 e. The number of hydrogen-bond donors (Lipinski definition) is 6. The van der Waals surface area contributed by atoms with E-state index in [1.54, 1.807) is 36.4 Å². The molecule has 0 aliphatic carbocycles. The van der Waals surface area contributed by atoms with Crippen molar-refractivity contribution >= 4 is 65.0 Å². The van der Waals surface area contributed by atoms with Crippen molar-refractivity contribution in [3.8, 4) is 0 Å². The average Bonchev–Trinajstić information content (AvgIpc) is 3.05. The summed E-state index contributed by atoms with van der Waals surface area (Å²) in [5.41, 5.74) is 1.70. The summed E-state index contributed by atoms with van der Waals surface area (Å²) in [7, 11) is -1.68. The van der Waals surface area contributed by atoms with E-state index in [0.717, 1.165) is 34.3 Å². The van der Waals surface area contributed by atoms with Crippen LogP contribution >= 0.6 is 0 Å². The Hall–Kier alpha value is -5.12. The fourth-order valence-electron chi connectivity index (χ4n) is 5.59. The molecular formula is C31H31B2N5O9. The van der Waals surface area contributed by atoms with Gasteiger partial charge in [0.25, 0.3) is 23.4 Å². The number of carbonyl (C=O) groups is 3. The van der Waals surface area contributed by atoms with E-state index in [1.807, 2.05) is 30.1 Å². The van der Waals surface area contributed by atoms with Gasteiger partial charge in [-0.3, -0.25) is 29.4 Å². The molecule has 1 heterocycles. The maximum atomic E-state index is 13.5. The molecule has 16 heteroatoms. The molecular weight excluding hydrogens is 608 g/mol. The molecule has 0 unspecified atom stereocenters. The quantitative estimate of drug-likeness (QED) is 0.0484. The number of anilines is 1. The standard InChI is InChI=1S/C31H31B2N5O9/c1-36(18-19-5-2-3-8-26(19)33(44)45)13-11-34-27-10-9-25-28-23(27)6-4-7-24(28)30(40)37(31(25)41)14-12-35-29(39)20-15-21(32(42)43)17-22(16-20)38(46)47/h2-10,15-17,34,42-45H,11-14,18H2,1H3,(H,35,39). The molecule has 0 saturated heterocycles. The normalized spacial score (nSPS) is 12.4. The SMILES string of the molecule is CN(CCNc1ccc2c3c(cccc13)C(=O)N(CCNC(=O)c1cc(B(O)O)cc([N+](=O)[O-])c1)C2=O)Cc1ccccc1B(O)O. The van der Waals surface area contributed by atoms with Gasteiger partial charge in [0.05, 0.1) is 4.92 Å². The van der Waals surface area contributed by atoms with Gasteiger partial charge in [-0.05, 0) is 47.8 Å². The van der Waals surface area contributed by atoms with Crippen LogP contribution in [0.4, 0.5) is 11.4 Å². The van der Waals surface area contributed by atoms with Crippen LogP contribution in [0.3, 0.4) is 0 Å². The Morgan fingerprint density at radius 1 is 0.915 bits per heavy atom. The summed E-state index contributed by atoms with van der Waals surface area (Å²) in [4.78, 5) is 53.2. The molecule has 14 nitrogen and oxygen atoms in total. The van der Waals surface area contributed by atoms with Crippen LogP contribution in [-0.2, 0) is 6.54 Å². The van der Waals surface area contributed by atoms with Gasteiger partial charge in [-0.1, -0.05) is 36.4 Å². The molecule has 0 bridgehead atoms. The van der Waals surface area contributed by atoms with Crippen LogP contribution in [0.15, 0.2) is 72.8 Å². The molecule has 0 aromatic heterocycles. The van der Waals surface area contributed by atoms with Crippen molar-refractivity contribution < 1.29 is 39.4 Å². The topological polar surface area (TPSA) is 206 Å². The lowest BCUT2D eigenvalue weighted by atomic mass is 9.77. The van der Waals surface area contributed by atoms with Crippen LogP contribution < -0.4 is 21.6 Å². The second kappa shape index (κ2) is 14.1. The first kappa shape index (κ1) is 33.2. The number of carbonyl (C=O) groups excluding carboxylic acids is 3. The summed E-state index contributed by atoms with van der Waals surface area (Å²) in [5.74, 6) is -1.83. The Balaban J connectivity index is 1.24. The van der Waals surface area contributed by atoms with Gasteiger partial charge in [0, 0.05) is 78.0 Å². The minimum Gasteiger partial charge on any atom is -0.423 e. The van der Waals surface area contributed by atoms with Crippen molar-refractivity contribution in [2.45, 2.75) is 6.54 Å². The number of hydrogen-bond acceptors (Lipinski definition) is 11. The largest absolute Gasteiger partial charge is 0.488 e. The second-order valence-corrected chi connectivity index (χ2v) is 11.1. The van der Waals surface area contributed by atoms with Crippen LogP contribution in [0.5, 0.6) is 0 Å². The Kier molecular flexibility index (Phi) is 9.98. The van der Waals surface area contributed by atoms with Crippen molar-refractivity contribution in [1.29, 1.82) is 0 Å². The van der Waals surface area contributed by atoms with Gasteiger partial charge in [0.15, 0.2) is 0 Å². The third kappa shape index (κ3) is 7.16. The van der Waals surface area contributed by atoms with E-state index in [-0.39, 0.29) is 24.1 Å². The number of likely N-dealkylation sites (N-methyl/N-ethyl adjacent to an activating group) is 1. The Morgan fingerprint density at radius 3 is 2.34 bits per heavy atom. The molecule has 3 amide bonds. The average molecular weight is 639 g/mol. The number of nitrogens with one attached hydrogen (secondary N) is 2. The zero-order chi connectivity index (χ0) is 33.8. The predicted octanol–water partition coefficient (Wildman–Crippen LogP) is -0.322. The maximum absolute atomic E-state index is 13.5. The number of imide groups is 1. The zero-order valence-electron chi connectivity index (χ0n) is 25.3. The predicted molar refractivity (Wildman–Crippen MR) is 176 cm³/mol. The minimum absolute atomic E-state index is 0.157. The molecule has 0 saturated carbocycles. The van der Waals surface area contributed by atoms with E-state index >= 15 is 0 Å². The summed E-state index contributed by atoms with van der Waals surface area (Å²) < 4.78 is 0. The fourth-order valence-corrected chi connectivity index (χ4v) is 5.59.